The van der Waals surface area contributed by atoms with Gasteiger partial charge in [0.15, 0.2) is 0 Å². The van der Waals surface area contributed by atoms with E-state index in [4.69, 9.17) is 0 Å². The molecule has 0 radical (unpaired) electrons. The molecular weight excluding hydrogens is 182 g/mol. The predicted octanol–water partition coefficient (Wildman–Crippen LogP) is 0.612. The molecule has 0 fully saturated rings. The van der Waals surface area contributed by atoms with E-state index in [1.54, 1.807) is 12.3 Å². The first-order valence-electron chi connectivity index (χ1n) is 4.48. The van der Waals surface area contributed by atoms with Crippen molar-refractivity contribution in [2.24, 2.45) is 0 Å². The van der Waals surface area contributed by atoms with Crippen LogP contribution < -0.4 is 11.0 Å². The first-order chi connectivity index (χ1) is 6.63. The van der Waals surface area contributed by atoms with E-state index >= 15 is 0 Å². The van der Waals surface area contributed by atoms with E-state index in [0.717, 1.165) is 6.42 Å². The third-order valence-electron chi connectivity index (χ3n) is 1.64. The molecule has 1 N–H and O–H groups in total. The molecule has 0 saturated carbocycles. The number of rotatable bonds is 3. The monoisotopic (exact) mass is 195 g/mol. The molecule has 14 heavy (non-hydrogen) atoms. The topological polar surface area (TPSA) is 64.0 Å². The molecule has 1 heterocycles. The van der Waals surface area contributed by atoms with Gasteiger partial charge in [-0.2, -0.15) is 4.98 Å². The molecule has 1 amide bonds. The van der Waals surface area contributed by atoms with Crippen molar-refractivity contribution in [3.05, 3.63) is 22.7 Å². The van der Waals surface area contributed by atoms with Crippen LogP contribution in [0.2, 0.25) is 0 Å². The highest BCUT2D eigenvalue weighted by Crippen LogP contribution is 1.97. The van der Waals surface area contributed by atoms with E-state index in [1.807, 2.05) is 6.92 Å². The fraction of sp³-hybridized carbons (Fsp3) is 0.444. The van der Waals surface area contributed by atoms with Crippen molar-refractivity contribution in [2.75, 3.05) is 5.32 Å². The summed E-state index contributed by atoms with van der Waals surface area (Å²) in [6.07, 6.45) is 2.51. The van der Waals surface area contributed by atoms with Crippen LogP contribution in [0.4, 0.5) is 5.82 Å². The lowest BCUT2D eigenvalue weighted by atomic mass is 10.4. The number of hydrogen-bond donors (Lipinski definition) is 1. The second-order valence-electron chi connectivity index (χ2n) is 2.97. The molecule has 0 spiro atoms. The molecule has 5 nitrogen and oxygen atoms in total. The molecule has 1 aromatic heterocycles. The van der Waals surface area contributed by atoms with Gasteiger partial charge in [-0.25, -0.2) is 4.79 Å². The van der Waals surface area contributed by atoms with Crippen molar-refractivity contribution >= 4 is 11.7 Å². The average molecular weight is 195 g/mol. The Morgan fingerprint density at radius 1 is 1.64 bits per heavy atom. The number of hydrogen-bond acceptors (Lipinski definition) is 3. The van der Waals surface area contributed by atoms with Gasteiger partial charge in [-0.3, -0.25) is 9.36 Å². The fourth-order valence-corrected chi connectivity index (χ4v) is 1.09. The molecule has 76 valence electrons. The number of anilines is 1. The highest BCUT2D eigenvalue weighted by atomic mass is 16.2. The van der Waals surface area contributed by atoms with Crippen molar-refractivity contribution in [2.45, 2.75) is 26.8 Å². The smallest absolute Gasteiger partial charge is 0.311 e. The number of nitrogens with zero attached hydrogens (tertiary/aromatic N) is 2. The number of aromatic nitrogens is 2. The van der Waals surface area contributed by atoms with Crippen LogP contribution in [-0.4, -0.2) is 15.5 Å². The summed E-state index contributed by atoms with van der Waals surface area (Å²) >= 11 is 0. The van der Waals surface area contributed by atoms with Crippen LogP contribution in [0, 0.1) is 0 Å². The van der Waals surface area contributed by atoms with Gasteiger partial charge in [0.25, 0.3) is 0 Å². The van der Waals surface area contributed by atoms with Crippen molar-refractivity contribution in [3.63, 3.8) is 0 Å². The summed E-state index contributed by atoms with van der Waals surface area (Å²) in [6, 6.07) is 1.61. The molecule has 0 aromatic carbocycles. The minimum Gasteiger partial charge on any atom is -0.311 e. The summed E-state index contributed by atoms with van der Waals surface area (Å²) in [5.41, 5.74) is -0.335. The lowest BCUT2D eigenvalue weighted by Gasteiger charge is -2.04. The molecule has 0 bridgehead atoms. The van der Waals surface area contributed by atoms with Gasteiger partial charge in [0.1, 0.15) is 5.82 Å². The van der Waals surface area contributed by atoms with Crippen LogP contribution in [0.25, 0.3) is 0 Å². The van der Waals surface area contributed by atoms with Crippen molar-refractivity contribution in [1.82, 2.24) is 9.55 Å². The van der Waals surface area contributed by atoms with E-state index < -0.39 is 0 Å². The first-order valence-corrected chi connectivity index (χ1v) is 4.48. The quantitative estimate of drug-likeness (QED) is 0.768. The van der Waals surface area contributed by atoms with Crippen LogP contribution in [0.15, 0.2) is 17.1 Å². The van der Waals surface area contributed by atoms with Gasteiger partial charge in [-0.05, 0) is 12.5 Å². The van der Waals surface area contributed by atoms with Gasteiger partial charge in [0, 0.05) is 19.7 Å². The zero-order valence-corrected chi connectivity index (χ0v) is 8.28. The summed E-state index contributed by atoms with van der Waals surface area (Å²) in [5, 5.41) is 2.45. The van der Waals surface area contributed by atoms with Crippen LogP contribution in [0.3, 0.4) is 0 Å². The Morgan fingerprint density at radius 2 is 2.36 bits per heavy atom. The van der Waals surface area contributed by atoms with Gasteiger partial charge in [-0.1, -0.05) is 6.92 Å². The highest BCUT2D eigenvalue weighted by molar-refractivity contribution is 5.87. The van der Waals surface area contributed by atoms with Crippen LogP contribution in [0.5, 0.6) is 0 Å². The molecule has 0 aliphatic heterocycles. The summed E-state index contributed by atoms with van der Waals surface area (Å²) < 4.78 is 1.51. The normalized spacial score (nSPS) is 9.86. The summed E-state index contributed by atoms with van der Waals surface area (Å²) in [6.45, 7) is 4.00. The Morgan fingerprint density at radius 3 is 2.86 bits per heavy atom. The van der Waals surface area contributed by atoms with Crippen LogP contribution in [0.1, 0.15) is 20.3 Å². The Hall–Kier alpha value is -1.65. The fourth-order valence-electron chi connectivity index (χ4n) is 1.09. The minimum atomic E-state index is -0.335. The third kappa shape index (κ3) is 2.69. The molecule has 0 atom stereocenters. The number of carbonyl (C=O) groups excluding carboxylic acids is 1. The number of amides is 1. The Labute approximate surface area is 81.8 Å². The second-order valence-corrected chi connectivity index (χ2v) is 2.97. The van der Waals surface area contributed by atoms with Crippen molar-refractivity contribution < 1.29 is 4.79 Å². The second kappa shape index (κ2) is 4.55. The zero-order chi connectivity index (χ0) is 10.6. The summed E-state index contributed by atoms with van der Waals surface area (Å²) in [4.78, 5) is 25.7. The Bertz CT molecular complexity index is 384. The standard InChI is InChI=1S/C9H13N3O2/c1-3-5-12-6-4-8(10-7(2)13)11-9(12)14/h4,6H,3,5H2,1-2H3,(H,10,11,13,14). The SMILES string of the molecule is CCCn1ccc(NC(C)=O)nc1=O. The Kier molecular flexibility index (Phi) is 3.39. The maximum atomic E-state index is 11.3. The molecule has 0 aliphatic carbocycles. The lowest BCUT2D eigenvalue weighted by molar-refractivity contribution is -0.114. The zero-order valence-electron chi connectivity index (χ0n) is 8.28. The van der Waals surface area contributed by atoms with Gasteiger partial charge in [-0.15, -0.1) is 0 Å². The largest absolute Gasteiger partial charge is 0.349 e. The molecule has 0 saturated heterocycles. The third-order valence-corrected chi connectivity index (χ3v) is 1.64. The van der Waals surface area contributed by atoms with Crippen molar-refractivity contribution in [3.8, 4) is 0 Å². The van der Waals surface area contributed by atoms with E-state index in [0.29, 0.717) is 12.4 Å². The molecular formula is C9H13N3O2. The maximum absolute atomic E-state index is 11.3. The minimum absolute atomic E-state index is 0.231. The molecule has 5 heteroatoms. The van der Waals surface area contributed by atoms with Crippen molar-refractivity contribution in [1.29, 1.82) is 0 Å². The maximum Gasteiger partial charge on any atom is 0.349 e. The van der Waals surface area contributed by atoms with Gasteiger partial charge in [0.2, 0.25) is 5.91 Å². The molecule has 0 aliphatic rings. The molecule has 0 unspecified atom stereocenters. The van der Waals surface area contributed by atoms with Crippen LogP contribution in [-0.2, 0) is 11.3 Å². The number of aryl methyl sites for hydroxylation is 1. The lowest BCUT2D eigenvalue weighted by Crippen LogP contribution is -2.24. The average Bonchev–Trinajstić information content (AvgIpc) is 2.09. The predicted molar refractivity (Wildman–Crippen MR) is 53.1 cm³/mol. The molecule has 1 aromatic rings. The van der Waals surface area contributed by atoms with Gasteiger partial charge < -0.3 is 5.32 Å². The van der Waals surface area contributed by atoms with E-state index in [9.17, 15) is 9.59 Å². The first kappa shape index (κ1) is 10.4. The number of carbonyl (C=O) groups is 1. The highest BCUT2D eigenvalue weighted by Gasteiger charge is 2.00. The van der Waals surface area contributed by atoms with Gasteiger partial charge in [0.05, 0.1) is 0 Å². The Balaban J connectivity index is 2.89. The molecule has 1 rings (SSSR count). The van der Waals surface area contributed by atoms with E-state index in [2.05, 4.69) is 10.3 Å². The summed E-state index contributed by atoms with van der Waals surface area (Å²) in [7, 11) is 0. The summed E-state index contributed by atoms with van der Waals surface area (Å²) in [5.74, 6) is 0.0694. The van der Waals surface area contributed by atoms with Crippen LogP contribution >= 0.6 is 0 Å². The van der Waals surface area contributed by atoms with Gasteiger partial charge >= 0.3 is 5.69 Å². The van der Waals surface area contributed by atoms with E-state index in [1.165, 1.54) is 11.5 Å². The number of nitrogens with one attached hydrogen (secondary N) is 1. The van der Waals surface area contributed by atoms with E-state index in [-0.39, 0.29) is 11.6 Å².